The van der Waals surface area contributed by atoms with E-state index >= 15 is 0 Å². The molecule has 1 saturated heterocycles. The molecule has 1 fully saturated rings. The molecule has 0 N–H and O–H groups in total. The Kier molecular flexibility index (Phi) is 7.75. The number of ether oxygens (including phenoxy) is 1. The van der Waals surface area contributed by atoms with Gasteiger partial charge in [-0.3, -0.25) is 9.00 Å². The van der Waals surface area contributed by atoms with Crippen molar-refractivity contribution in [1.29, 1.82) is 0 Å². The Hall–Kier alpha value is -2.03. The van der Waals surface area contributed by atoms with E-state index in [1.54, 1.807) is 0 Å². The van der Waals surface area contributed by atoms with Gasteiger partial charge in [0.15, 0.2) is 8.32 Å². The highest BCUT2D eigenvalue weighted by Crippen LogP contribution is 2.50. The van der Waals surface area contributed by atoms with Crippen molar-refractivity contribution in [2.24, 2.45) is 11.8 Å². The Morgan fingerprint density at radius 2 is 1.88 bits per heavy atom. The maximum atomic E-state index is 13.5. The molecule has 0 radical (unpaired) electrons. The van der Waals surface area contributed by atoms with Crippen molar-refractivity contribution in [1.82, 2.24) is 4.90 Å². The zero-order chi connectivity index (χ0) is 25.4. The lowest BCUT2D eigenvalue weighted by Gasteiger charge is -2.50. The van der Waals surface area contributed by atoms with Crippen LogP contribution in [0.15, 0.2) is 53.6 Å². The van der Waals surface area contributed by atoms with Crippen LogP contribution in [0.4, 0.5) is 0 Å². The summed E-state index contributed by atoms with van der Waals surface area (Å²) in [6.07, 6.45) is 1.18. The van der Waals surface area contributed by atoms with Crippen molar-refractivity contribution in [3.05, 3.63) is 59.2 Å². The number of β-lactam (4-membered cyclic amide) rings is 1. The van der Waals surface area contributed by atoms with Crippen LogP contribution in [0.5, 0.6) is 0 Å². The summed E-state index contributed by atoms with van der Waals surface area (Å²) in [5.41, 5.74) is 1.04. The third kappa shape index (κ3) is 4.85. The van der Waals surface area contributed by atoms with Crippen LogP contribution in [0.3, 0.4) is 0 Å². The summed E-state index contributed by atoms with van der Waals surface area (Å²) in [5.74, 6) is -1.16. The minimum atomic E-state index is -2.10. The molecule has 5 atom stereocenters. The number of hydrogen-bond acceptors (Lipinski definition) is 5. The lowest BCUT2D eigenvalue weighted by Crippen LogP contribution is -2.65. The van der Waals surface area contributed by atoms with Gasteiger partial charge in [0.2, 0.25) is 5.91 Å². The van der Waals surface area contributed by atoms with E-state index in [-0.39, 0.29) is 47.1 Å². The van der Waals surface area contributed by atoms with Gasteiger partial charge >= 0.3 is 5.97 Å². The second-order valence-corrected chi connectivity index (χ2v) is 16.8. The van der Waals surface area contributed by atoms with Crippen molar-refractivity contribution in [2.45, 2.75) is 70.6 Å². The first kappa shape index (κ1) is 26.6. The number of benzene rings is 1. The third-order valence-corrected chi connectivity index (χ3v) is 13.5. The summed E-state index contributed by atoms with van der Waals surface area (Å²) in [5, 5.41) is 0.00921. The number of hydrogen-bond donors (Lipinski definition) is 0. The Morgan fingerprint density at radius 1 is 1.26 bits per heavy atom. The molecule has 2 aliphatic heterocycles. The number of nitrogens with zero attached hydrogens (tertiary/aromatic N) is 1. The van der Waals surface area contributed by atoms with Gasteiger partial charge in [-0.05, 0) is 30.6 Å². The Labute approximate surface area is 207 Å². The smallest absolute Gasteiger partial charge is 0.356 e. The third-order valence-electron chi connectivity index (χ3n) is 7.29. The summed E-state index contributed by atoms with van der Waals surface area (Å²) in [6.45, 7) is 18.3. The van der Waals surface area contributed by atoms with Crippen molar-refractivity contribution in [3.63, 3.8) is 0 Å². The van der Waals surface area contributed by atoms with E-state index in [4.69, 9.17) is 9.16 Å². The highest BCUT2D eigenvalue weighted by atomic mass is 32.2. The van der Waals surface area contributed by atoms with Crippen LogP contribution in [0.25, 0.3) is 0 Å². The molecule has 3 rings (SSSR count). The molecule has 186 valence electrons. The van der Waals surface area contributed by atoms with E-state index in [2.05, 4.69) is 40.4 Å². The summed E-state index contributed by atoms with van der Waals surface area (Å²) in [4.78, 5) is 28.4. The van der Waals surface area contributed by atoms with Gasteiger partial charge < -0.3 is 14.1 Å². The number of esters is 1. The number of carbonyl (C=O) groups is 2. The maximum absolute atomic E-state index is 13.5. The highest BCUT2D eigenvalue weighted by molar-refractivity contribution is 7.88. The van der Waals surface area contributed by atoms with Crippen LogP contribution < -0.4 is 0 Å². The molecule has 1 aromatic carbocycles. The van der Waals surface area contributed by atoms with Gasteiger partial charge in [0.25, 0.3) is 0 Å². The molecule has 6 nitrogen and oxygen atoms in total. The Balaban J connectivity index is 1.92. The molecular weight excluding hydrogens is 466 g/mol. The van der Waals surface area contributed by atoms with E-state index in [0.717, 1.165) is 5.56 Å². The van der Waals surface area contributed by atoms with Crippen molar-refractivity contribution in [2.75, 3.05) is 6.61 Å². The zero-order valence-electron chi connectivity index (χ0n) is 21.3. The molecule has 34 heavy (non-hydrogen) atoms. The summed E-state index contributed by atoms with van der Waals surface area (Å²) in [7, 11) is -3.59. The molecule has 1 amide bonds. The number of rotatable bonds is 9. The van der Waals surface area contributed by atoms with Gasteiger partial charge in [-0.2, -0.15) is 0 Å². The average molecular weight is 504 g/mol. The van der Waals surface area contributed by atoms with Gasteiger partial charge in [0.05, 0.1) is 39.5 Å². The quantitative estimate of drug-likeness (QED) is 0.210. The molecule has 8 heteroatoms. The first-order valence-corrected chi connectivity index (χ1v) is 16.0. The molecule has 0 bridgehead atoms. The lowest BCUT2D eigenvalue weighted by atomic mass is 9.79. The summed E-state index contributed by atoms with van der Waals surface area (Å²) < 4.78 is 25.4. The van der Waals surface area contributed by atoms with Crippen LogP contribution in [0.1, 0.15) is 40.2 Å². The van der Waals surface area contributed by atoms with Crippen LogP contribution >= 0.6 is 0 Å². The fourth-order valence-corrected chi connectivity index (χ4v) is 7.56. The molecular formula is C26H37NO5SSi. The monoisotopic (exact) mass is 503 g/mol. The maximum Gasteiger partial charge on any atom is 0.356 e. The summed E-state index contributed by atoms with van der Waals surface area (Å²) >= 11 is 0. The first-order valence-electron chi connectivity index (χ1n) is 11.8. The predicted molar refractivity (Wildman–Crippen MR) is 138 cm³/mol. The normalized spacial score (nSPS) is 24.4. The molecule has 0 saturated carbocycles. The topological polar surface area (TPSA) is 72.9 Å². The van der Waals surface area contributed by atoms with Gasteiger partial charge in [0, 0.05) is 5.92 Å². The molecule has 2 aliphatic rings. The molecule has 2 heterocycles. The van der Waals surface area contributed by atoms with Gasteiger partial charge in [0.1, 0.15) is 12.3 Å². The van der Waals surface area contributed by atoms with E-state index in [9.17, 15) is 13.8 Å². The van der Waals surface area contributed by atoms with E-state index < -0.39 is 31.0 Å². The van der Waals surface area contributed by atoms with Crippen LogP contribution in [-0.2, 0) is 35.3 Å². The van der Waals surface area contributed by atoms with E-state index in [1.165, 1.54) is 11.0 Å². The van der Waals surface area contributed by atoms with Crippen molar-refractivity contribution in [3.8, 4) is 0 Å². The van der Waals surface area contributed by atoms with Crippen molar-refractivity contribution >= 4 is 31.0 Å². The van der Waals surface area contributed by atoms with Crippen molar-refractivity contribution < 1.29 is 23.0 Å². The standard InChI is InChI=1S/C26H37NO5SSi/c1-9-15-31-25(29)22-23(33(30)16-19-13-11-10-12-14-19)17(2)21-20(24(28)27(21)22)18(3)32-34(7,8)26(4,5)6/h9-14,17-18,20-21H,1,15-16H2,2-8H3/t17-,18-,20-,21-,33?/m1/s1. The Bertz CT molecular complexity index is 1010. The second kappa shape index (κ2) is 9.91. The van der Waals surface area contributed by atoms with Gasteiger partial charge in [-0.15, -0.1) is 0 Å². The molecule has 0 aromatic heterocycles. The molecule has 0 aliphatic carbocycles. The minimum Gasteiger partial charge on any atom is -0.457 e. The fraction of sp³-hybridized carbons (Fsp3) is 0.538. The molecule has 0 spiro atoms. The number of carbonyl (C=O) groups excluding carboxylic acids is 2. The predicted octanol–water partition coefficient (Wildman–Crippen LogP) is 4.76. The van der Waals surface area contributed by atoms with Crippen LogP contribution in [0.2, 0.25) is 18.1 Å². The van der Waals surface area contributed by atoms with Gasteiger partial charge in [-0.25, -0.2) is 4.79 Å². The number of amides is 1. The second-order valence-electron chi connectivity index (χ2n) is 10.7. The van der Waals surface area contributed by atoms with Crippen LogP contribution in [-0.4, -0.2) is 48.1 Å². The minimum absolute atomic E-state index is 0.00921. The Morgan fingerprint density at radius 3 is 2.44 bits per heavy atom. The molecule has 1 unspecified atom stereocenters. The fourth-order valence-electron chi connectivity index (χ4n) is 4.53. The molecule has 1 aromatic rings. The SMILES string of the molecule is C=CCOC(=O)C1=C(S(=O)Cc2ccccc2)[C@H](C)[C@@H]2[C@@H]([C@@H](C)O[Si](C)(C)C(C)(C)C)C(=O)N12. The van der Waals surface area contributed by atoms with E-state index in [0.29, 0.717) is 4.91 Å². The first-order chi connectivity index (χ1) is 15.8. The summed E-state index contributed by atoms with van der Waals surface area (Å²) in [6, 6.07) is 9.24. The van der Waals surface area contributed by atoms with Gasteiger partial charge in [-0.1, -0.05) is 70.7 Å². The zero-order valence-corrected chi connectivity index (χ0v) is 23.1. The lowest BCUT2D eigenvalue weighted by molar-refractivity contribution is -0.163. The highest BCUT2D eigenvalue weighted by Gasteiger charge is 2.62. The number of fused-ring (bicyclic) bond motifs is 1. The van der Waals surface area contributed by atoms with Crippen LogP contribution in [0, 0.1) is 11.8 Å². The average Bonchev–Trinajstić information content (AvgIpc) is 3.00. The van der Waals surface area contributed by atoms with E-state index in [1.807, 2.05) is 44.2 Å². The largest absolute Gasteiger partial charge is 0.457 e.